The first-order chi connectivity index (χ1) is 22.3. The zero-order chi connectivity index (χ0) is 29.5. The summed E-state index contributed by atoms with van der Waals surface area (Å²) in [5.74, 6) is 0. The van der Waals surface area contributed by atoms with Crippen molar-refractivity contribution in [3.8, 4) is 27.9 Å². The quantitative estimate of drug-likeness (QED) is 0.210. The van der Waals surface area contributed by atoms with Gasteiger partial charge < -0.3 is 13.4 Å². The van der Waals surface area contributed by atoms with E-state index in [2.05, 4.69) is 132 Å². The smallest absolute Gasteiger partial charge is 0.160 e. The molecule has 0 bridgehead atoms. The van der Waals surface area contributed by atoms with Gasteiger partial charge in [-0.1, -0.05) is 103 Å². The van der Waals surface area contributed by atoms with Gasteiger partial charge >= 0.3 is 0 Å². The summed E-state index contributed by atoms with van der Waals surface area (Å²) >= 11 is 0. The van der Waals surface area contributed by atoms with Crippen molar-refractivity contribution in [1.29, 1.82) is 0 Å². The number of hydrogen-bond acceptors (Lipinski definition) is 2. The minimum Gasteiger partial charge on any atom is -0.456 e. The molecule has 0 radical (unpaired) electrons. The van der Waals surface area contributed by atoms with Crippen molar-refractivity contribution in [2.75, 3.05) is 0 Å². The van der Waals surface area contributed by atoms with E-state index in [1.54, 1.807) is 0 Å². The van der Waals surface area contributed by atoms with Gasteiger partial charge in [0.1, 0.15) is 16.7 Å². The summed E-state index contributed by atoms with van der Waals surface area (Å²) in [5.41, 5.74) is 11.7. The average molecular weight is 576 g/mol. The van der Waals surface area contributed by atoms with Crippen molar-refractivity contribution in [1.82, 2.24) is 4.57 Å². The summed E-state index contributed by atoms with van der Waals surface area (Å²) in [6, 6.07) is 53.7. The van der Waals surface area contributed by atoms with E-state index in [-0.39, 0.29) is 0 Å². The Bertz CT molecular complexity index is 2740. The fourth-order valence-electron chi connectivity index (χ4n) is 7.06. The second-order valence-electron chi connectivity index (χ2n) is 11.7. The highest BCUT2D eigenvalue weighted by molar-refractivity contribution is 6.21. The van der Waals surface area contributed by atoms with Gasteiger partial charge in [-0.05, 0) is 70.8 Å². The van der Waals surface area contributed by atoms with Crippen molar-refractivity contribution < 1.29 is 8.83 Å². The van der Waals surface area contributed by atoms with Gasteiger partial charge in [-0.3, -0.25) is 0 Å². The molecule has 0 N–H and O–H groups in total. The first-order valence-electron chi connectivity index (χ1n) is 15.3. The van der Waals surface area contributed by atoms with E-state index in [4.69, 9.17) is 8.83 Å². The molecule has 0 atom stereocenters. The Morgan fingerprint density at radius 3 is 1.62 bits per heavy atom. The Balaban J connectivity index is 1.05. The highest BCUT2D eigenvalue weighted by Crippen LogP contribution is 2.40. The van der Waals surface area contributed by atoms with E-state index in [9.17, 15) is 0 Å². The Labute approximate surface area is 258 Å². The molecule has 0 unspecified atom stereocenters. The molecule has 45 heavy (non-hydrogen) atoms. The van der Waals surface area contributed by atoms with Crippen LogP contribution in [0.3, 0.4) is 0 Å². The first-order valence-corrected chi connectivity index (χ1v) is 15.3. The van der Waals surface area contributed by atoms with Gasteiger partial charge in [-0.15, -0.1) is 0 Å². The minimum absolute atomic E-state index is 0.910. The molecular weight excluding hydrogens is 550 g/mol. The van der Waals surface area contributed by atoms with Crippen LogP contribution in [-0.4, -0.2) is 4.57 Å². The van der Waals surface area contributed by atoms with Gasteiger partial charge in [-0.25, -0.2) is 0 Å². The number of para-hydroxylation sites is 3. The number of aromatic nitrogens is 1. The normalized spacial score (nSPS) is 12.0. The second kappa shape index (κ2) is 9.22. The average Bonchev–Trinajstić information content (AvgIpc) is 3.78. The summed E-state index contributed by atoms with van der Waals surface area (Å²) < 4.78 is 15.0. The van der Waals surface area contributed by atoms with E-state index in [0.717, 1.165) is 66.2 Å². The van der Waals surface area contributed by atoms with E-state index in [1.807, 2.05) is 24.3 Å². The molecule has 0 aliphatic rings. The Kier molecular flexibility index (Phi) is 5.00. The molecule has 3 heteroatoms. The van der Waals surface area contributed by atoms with Crippen molar-refractivity contribution in [3.63, 3.8) is 0 Å². The van der Waals surface area contributed by atoms with Crippen molar-refractivity contribution in [3.05, 3.63) is 152 Å². The van der Waals surface area contributed by atoms with Crippen LogP contribution in [0.2, 0.25) is 0 Å². The third-order valence-corrected chi connectivity index (χ3v) is 9.24. The van der Waals surface area contributed by atoms with Crippen LogP contribution < -0.4 is 0 Å². The minimum atomic E-state index is 0.910. The van der Waals surface area contributed by atoms with Gasteiger partial charge in [0.2, 0.25) is 0 Å². The lowest BCUT2D eigenvalue weighted by Crippen LogP contribution is -1.94. The number of benzene rings is 7. The molecular formula is C42H25NO2. The molecule has 0 spiro atoms. The van der Waals surface area contributed by atoms with Crippen LogP contribution in [0.1, 0.15) is 0 Å². The number of nitrogens with zero attached hydrogens (tertiary/aromatic N) is 1. The van der Waals surface area contributed by atoms with Crippen molar-refractivity contribution in [2.24, 2.45) is 0 Å². The summed E-state index contributed by atoms with van der Waals surface area (Å²) in [6.07, 6.45) is 0. The van der Waals surface area contributed by atoms with E-state index in [1.165, 1.54) is 27.4 Å². The Morgan fingerprint density at radius 1 is 0.356 bits per heavy atom. The maximum atomic E-state index is 6.51. The number of hydrogen-bond donors (Lipinski definition) is 0. The highest BCUT2D eigenvalue weighted by Gasteiger charge is 2.18. The van der Waals surface area contributed by atoms with Gasteiger partial charge in [0.25, 0.3) is 0 Å². The predicted octanol–water partition coefficient (Wildman–Crippen LogP) is 11.9. The summed E-state index contributed by atoms with van der Waals surface area (Å²) in [6.45, 7) is 0. The first kappa shape index (κ1) is 24.4. The molecule has 0 aliphatic heterocycles. The molecule has 0 fully saturated rings. The lowest BCUT2D eigenvalue weighted by atomic mass is 9.99. The molecule has 10 rings (SSSR count). The standard InChI is InChI=1S/C42H25NO2/c1-4-10-37-31(7-1)35-23-24-36-33-9-3-6-12-39(33)45-42(36)41(35)43(37)30-20-17-27(18-21-30)26-13-15-28(16-14-26)29-19-22-34-32-8-2-5-11-38(32)44-40(34)25-29/h1-25H. The number of rotatable bonds is 3. The second-order valence-corrected chi connectivity index (χ2v) is 11.7. The van der Waals surface area contributed by atoms with Crippen LogP contribution in [0.4, 0.5) is 0 Å². The lowest BCUT2D eigenvalue weighted by Gasteiger charge is -2.10. The van der Waals surface area contributed by atoms with Gasteiger partial charge in [-0.2, -0.15) is 0 Å². The van der Waals surface area contributed by atoms with Crippen LogP contribution in [0.5, 0.6) is 0 Å². The molecule has 3 heterocycles. The summed E-state index contributed by atoms with van der Waals surface area (Å²) in [5, 5.41) is 6.99. The largest absolute Gasteiger partial charge is 0.456 e. The molecule has 7 aromatic carbocycles. The monoisotopic (exact) mass is 575 g/mol. The number of fused-ring (bicyclic) bond motifs is 10. The third-order valence-electron chi connectivity index (χ3n) is 9.24. The molecule has 0 saturated heterocycles. The number of furan rings is 2. The van der Waals surface area contributed by atoms with E-state index >= 15 is 0 Å². The summed E-state index contributed by atoms with van der Waals surface area (Å²) in [4.78, 5) is 0. The van der Waals surface area contributed by atoms with Gasteiger partial charge in [0.05, 0.1) is 11.0 Å². The predicted molar refractivity (Wildman–Crippen MR) is 186 cm³/mol. The highest BCUT2D eigenvalue weighted by atomic mass is 16.3. The van der Waals surface area contributed by atoms with Crippen LogP contribution in [-0.2, 0) is 0 Å². The van der Waals surface area contributed by atoms with Gasteiger partial charge in [0, 0.05) is 38.0 Å². The van der Waals surface area contributed by atoms with E-state index in [0.29, 0.717) is 0 Å². The summed E-state index contributed by atoms with van der Waals surface area (Å²) in [7, 11) is 0. The molecule has 3 aromatic heterocycles. The van der Waals surface area contributed by atoms with Crippen LogP contribution >= 0.6 is 0 Å². The van der Waals surface area contributed by atoms with Crippen molar-refractivity contribution >= 4 is 65.7 Å². The SMILES string of the molecule is c1ccc2c(c1)oc1cc(-c3ccc(-c4ccc(-n5c6ccccc6c6ccc7c8ccccc8oc7c65)cc4)cc3)ccc12. The van der Waals surface area contributed by atoms with Crippen LogP contribution in [0.15, 0.2) is 160 Å². The Hall–Kier alpha value is -6.06. The third kappa shape index (κ3) is 3.58. The lowest BCUT2D eigenvalue weighted by molar-refractivity contribution is 0.669. The fraction of sp³-hybridized carbons (Fsp3) is 0. The maximum Gasteiger partial charge on any atom is 0.160 e. The molecule has 0 saturated carbocycles. The fourth-order valence-corrected chi connectivity index (χ4v) is 7.06. The van der Waals surface area contributed by atoms with Gasteiger partial charge in [0.15, 0.2) is 5.58 Å². The molecule has 10 aromatic rings. The van der Waals surface area contributed by atoms with Crippen LogP contribution in [0.25, 0.3) is 93.6 Å². The molecule has 0 amide bonds. The van der Waals surface area contributed by atoms with Crippen LogP contribution in [0, 0.1) is 0 Å². The Morgan fingerprint density at radius 2 is 0.867 bits per heavy atom. The maximum absolute atomic E-state index is 6.51. The van der Waals surface area contributed by atoms with E-state index < -0.39 is 0 Å². The molecule has 0 aliphatic carbocycles. The zero-order valence-electron chi connectivity index (χ0n) is 24.2. The topological polar surface area (TPSA) is 31.2 Å². The molecule has 3 nitrogen and oxygen atoms in total. The zero-order valence-corrected chi connectivity index (χ0v) is 24.2. The van der Waals surface area contributed by atoms with Crippen molar-refractivity contribution in [2.45, 2.75) is 0 Å². The molecule has 210 valence electrons.